The molecule has 2 aromatic rings. The summed E-state index contributed by atoms with van der Waals surface area (Å²) in [6.45, 7) is 16.6. The highest BCUT2D eigenvalue weighted by Crippen LogP contribution is 2.52. The Bertz CT molecular complexity index is 836. The van der Waals surface area contributed by atoms with Crippen LogP contribution in [-0.4, -0.2) is 25.5 Å². The second-order valence-corrected chi connectivity index (χ2v) is 14.4. The van der Waals surface area contributed by atoms with Gasteiger partial charge in [-0.05, 0) is 30.0 Å². The van der Waals surface area contributed by atoms with Gasteiger partial charge in [-0.15, -0.1) is 0 Å². The van der Waals surface area contributed by atoms with Gasteiger partial charge in [-0.3, -0.25) is 9.69 Å². The number of pyridine rings is 1. The van der Waals surface area contributed by atoms with Gasteiger partial charge in [0.1, 0.15) is 5.82 Å². The third-order valence-corrected chi connectivity index (χ3v) is 12.2. The van der Waals surface area contributed by atoms with Crippen LogP contribution in [0.5, 0.6) is 0 Å². The molecule has 1 aromatic heterocycles. The van der Waals surface area contributed by atoms with Gasteiger partial charge in [0.2, 0.25) is 5.91 Å². The van der Waals surface area contributed by atoms with Gasteiger partial charge >= 0.3 is 0 Å². The lowest BCUT2D eigenvalue weighted by Gasteiger charge is -2.41. The molecule has 0 radical (unpaired) electrons. The summed E-state index contributed by atoms with van der Waals surface area (Å²) < 4.78 is 0. The van der Waals surface area contributed by atoms with E-state index in [1.54, 1.807) is 0 Å². The lowest BCUT2D eigenvalue weighted by molar-refractivity contribution is -0.118. The summed E-state index contributed by atoms with van der Waals surface area (Å²) in [5.74, 6) is 1.19. The summed E-state index contributed by atoms with van der Waals surface area (Å²) in [7, 11) is -1.91. The quantitative estimate of drug-likeness (QED) is 0.688. The number of carbonyl (C=O) groups is 1. The largest absolute Gasteiger partial charge is 0.296 e. The van der Waals surface area contributed by atoms with Crippen LogP contribution in [0.3, 0.4) is 0 Å². The Morgan fingerprint density at radius 1 is 1.20 bits per heavy atom. The van der Waals surface area contributed by atoms with E-state index < -0.39 is 8.07 Å². The zero-order valence-corrected chi connectivity index (χ0v) is 17.6. The fourth-order valence-corrected chi connectivity index (χ4v) is 6.56. The van der Waals surface area contributed by atoms with Crippen molar-refractivity contribution in [1.82, 2.24) is 4.98 Å². The molecule has 4 heteroatoms. The highest BCUT2D eigenvalue weighted by molar-refractivity contribution is 6.84. The van der Waals surface area contributed by atoms with E-state index in [0.29, 0.717) is 0 Å². The van der Waals surface area contributed by atoms with Gasteiger partial charge in [-0.25, -0.2) is 4.98 Å². The average Bonchev–Trinajstić information content (AvgIpc) is 2.80. The first-order valence-corrected chi connectivity index (χ1v) is 12.4. The second kappa shape index (κ2) is 5.94. The fourth-order valence-electron chi connectivity index (χ4n) is 3.85. The third-order valence-electron chi connectivity index (χ3n) is 6.34. The maximum absolute atomic E-state index is 13.5. The molecule has 134 valence electrons. The molecular formula is C21H30N2OSi. The number of para-hydroxylation sites is 1. The zero-order chi connectivity index (χ0) is 18.6. The number of hydrogen-bond acceptors (Lipinski definition) is 2. The van der Waals surface area contributed by atoms with Crippen molar-refractivity contribution in [1.29, 1.82) is 0 Å². The number of nitrogens with zero attached hydrogens (tertiary/aromatic N) is 2. The first-order chi connectivity index (χ1) is 11.6. The highest BCUT2D eigenvalue weighted by atomic mass is 28.3. The summed E-state index contributed by atoms with van der Waals surface area (Å²) in [5.41, 5.74) is 3.42. The third kappa shape index (κ3) is 2.62. The molecule has 3 rings (SSSR count). The van der Waals surface area contributed by atoms with E-state index in [9.17, 15) is 4.79 Å². The number of hydrogen-bond donors (Lipinski definition) is 0. The highest BCUT2D eigenvalue weighted by Gasteiger charge is 2.53. The Morgan fingerprint density at radius 3 is 2.44 bits per heavy atom. The predicted octanol–water partition coefficient (Wildman–Crippen LogP) is 5.43. The molecule has 0 saturated carbocycles. The van der Waals surface area contributed by atoms with E-state index in [4.69, 9.17) is 4.98 Å². The van der Waals surface area contributed by atoms with Gasteiger partial charge in [-0.2, -0.15) is 0 Å². The van der Waals surface area contributed by atoms with E-state index in [0.717, 1.165) is 24.3 Å². The number of rotatable bonds is 3. The van der Waals surface area contributed by atoms with Crippen LogP contribution in [0.4, 0.5) is 5.82 Å². The number of amides is 1. The fraction of sp³-hybridized carbons (Fsp3) is 0.524. The molecule has 1 aliphatic heterocycles. The van der Waals surface area contributed by atoms with Gasteiger partial charge in [0.05, 0.1) is 19.1 Å². The predicted molar refractivity (Wildman–Crippen MR) is 109 cm³/mol. The van der Waals surface area contributed by atoms with Gasteiger partial charge in [-0.1, -0.05) is 59.0 Å². The molecule has 0 bridgehead atoms. The Hall–Kier alpha value is -1.68. The minimum absolute atomic E-state index is 0.00819. The number of aromatic nitrogens is 1. The maximum atomic E-state index is 13.5. The van der Waals surface area contributed by atoms with Crippen molar-refractivity contribution in [2.24, 2.45) is 0 Å². The lowest BCUT2D eigenvalue weighted by Crippen LogP contribution is -2.48. The van der Waals surface area contributed by atoms with Crippen molar-refractivity contribution < 1.29 is 4.79 Å². The van der Waals surface area contributed by atoms with Crippen molar-refractivity contribution >= 4 is 30.7 Å². The van der Waals surface area contributed by atoms with E-state index in [1.165, 1.54) is 16.5 Å². The Morgan fingerprint density at radius 2 is 1.84 bits per heavy atom. The van der Waals surface area contributed by atoms with Crippen LogP contribution in [0.15, 0.2) is 24.3 Å². The normalized spacial score (nSPS) is 18.1. The van der Waals surface area contributed by atoms with Crippen LogP contribution in [0.1, 0.15) is 50.8 Å². The molecule has 0 saturated heterocycles. The molecule has 0 fully saturated rings. The first-order valence-electron chi connectivity index (χ1n) is 9.32. The zero-order valence-electron chi connectivity index (χ0n) is 16.6. The smallest absolute Gasteiger partial charge is 0.233 e. The van der Waals surface area contributed by atoms with Gasteiger partial charge in [0.15, 0.2) is 0 Å². The molecule has 3 nitrogen and oxygen atoms in total. The summed E-state index contributed by atoms with van der Waals surface area (Å²) in [6.07, 6.45) is 0.947. The van der Waals surface area contributed by atoms with E-state index in [1.807, 2.05) is 11.0 Å². The molecule has 1 atom stereocenters. The Kier molecular flexibility index (Phi) is 4.31. The molecular weight excluding hydrogens is 324 g/mol. The van der Waals surface area contributed by atoms with Gasteiger partial charge < -0.3 is 0 Å². The van der Waals surface area contributed by atoms with Crippen LogP contribution < -0.4 is 4.90 Å². The molecule has 1 aromatic carbocycles. The van der Waals surface area contributed by atoms with Crippen LogP contribution in [-0.2, 0) is 4.79 Å². The summed E-state index contributed by atoms with van der Waals surface area (Å²) >= 11 is 0. The maximum Gasteiger partial charge on any atom is 0.233 e. The molecule has 1 aliphatic rings. The first kappa shape index (κ1) is 18.1. The van der Waals surface area contributed by atoms with Gasteiger partial charge in [0.25, 0.3) is 0 Å². The molecule has 0 aliphatic carbocycles. The lowest BCUT2D eigenvalue weighted by atomic mass is 10.0. The number of carbonyl (C=O) groups excluding carboxylic acids is 1. The van der Waals surface area contributed by atoms with E-state index >= 15 is 0 Å². The van der Waals surface area contributed by atoms with Crippen LogP contribution in [0, 0.1) is 6.92 Å². The standard InChI is InChI=1S/C21H30N2OSi/c1-8-13-23-19-17(14(2)15-11-9-10-12-16(15)22-19)18(20(23)24)25(6,7)21(3,4)5/h9-12,18H,8,13H2,1-7H3. The van der Waals surface area contributed by atoms with Crippen molar-refractivity contribution in [3.63, 3.8) is 0 Å². The molecule has 0 spiro atoms. The molecule has 2 heterocycles. The number of benzene rings is 1. The Labute approximate surface area is 152 Å². The topological polar surface area (TPSA) is 33.2 Å². The van der Waals surface area contributed by atoms with E-state index in [2.05, 4.69) is 65.9 Å². The molecule has 0 N–H and O–H groups in total. The number of anilines is 1. The summed E-state index contributed by atoms with van der Waals surface area (Å²) in [6, 6.07) is 8.27. The second-order valence-electron chi connectivity index (χ2n) is 8.89. The molecule has 25 heavy (non-hydrogen) atoms. The summed E-state index contributed by atoms with van der Waals surface area (Å²) in [5, 5.41) is 1.32. The van der Waals surface area contributed by atoms with Crippen LogP contribution >= 0.6 is 0 Å². The minimum atomic E-state index is -1.91. The summed E-state index contributed by atoms with van der Waals surface area (Å²) in [4.78, 5) is 20.4. The van der Waals surface area contributed by atoms with Crippen LogP contribution in [0.25, 0.3) is 10.9 Å². The Balaban J connectivity index is 2.32. The molecule has 1 amide bonds. The molecule has 1 unspecified atom stereocenters. The van der Waals surface area contributed by atoms with Crippen molar-refractivity contribution in [2.45, 2.75) is 64.7 Å². The monoisotopic (exact) mass is 354 g/mol. The minimum Gasteiger partial charge on any atom is -0.296 e. The van der Waals surface area contributed by atoms with Crippen molar-refractivity contribution in [3.05, 3.63) is 35.4 Å². The number of aryl methyl sites for hydroxylation is 1. The van der Waals surface area contributed by atoms with Gasteiger partial charge in [0, 0.05) is 17.5 Å². The SMILES string of the molecule is CCCN1C(=O)C([Si](C)(C)C(C)(C)C)c2c1nc1ccccc1c2C. The number of fused-ring (bicyclic) bond motifs is 2. The van der Waals surface area contributed by atoms with Crippen molar-refractivity contribution in [3.8, 4) is 0 Å². The van der Waals surface area contributed by atoms with Crippen LogP contribution in [0.2, 0.25) is 18.1 Å². The van der Waals surface area contributed by atoms with Crippen molar-refractivity contribution in [2.75, 3.05) is 11.4 Å². The van der Waals surface area contributed by atoms with E-state index in [-0.39, 0.29) is 16.5 Å². The average molecular weight is 355 g/mol.